The first-order valence-electron chi connectivity index (χ1n) is 8.66. The van der Waals surface area contributed by atoms with Gasteiger partial charge in [-0.15, -0.1) is 0 Å². The predicted molar refractivity (Wildman–Crippen MR) is 103 cm³/mol. The molecule has 0 spiro atoms. The van der Waals surface area contributed by atoms with Crippen LogP contribution in [0.4, 0.5) is 0 Å². The Balaban J connectivity index is 1.73. The molecule has 3 rings (SSSR count). The van der Waals surface area contributed by atoms with Crippen molar-refractivity contribution in [2.24, 2.45) is 0 Å². The minimum Gasteiger partial charge on any atom is -0.354 e. The standard InChI is InChI=1S/C21H23N3O2/c1-15-8-4-6-10-17(15)21(2,3)14-22-20(26)13-24-18-11-7-5-9-16(18)19(25)12-23-24/h4-12H,13-14H2,1-3H3,(H,22,26). The number of hydrogen-bond acceptors (Lipinski definition) is 3. The lowest BCUT2D eigenvalue weighted by atomic mass is 9.82. The second kappa shape index (κ2) is 7.12. The zero-order valence-electron chi connectivity index (χ0n) is 15.3. The molecule has 2 aromatic carbocycles. The zero-order chi connectivity index (χ0) is 18.7. The summed E-state index contributed by atoms with van der Waals surface area (Å²) in [5.41, 5.74) is 2.76. The second-order valence-electron chi connectivity index (χ2n) is 7.16. The van der Waals surface area contributed by atoms with E-state index in [1.54, 1.807) is 22.9 Å². The van der Waals surface area contributed by atoms with Crippen molar-refractivity contribution in [3.05, 3.63) is 76.1 Å². The van der Waals surface area contributed by atoms with E-state index in [4.69, 9.17) is 0 Å². The number of nitrogens with one attached hydrogen (secondary N) is 1. The molecule has 5 heteroatoms. The number of benzene rings is 2. The van der Waals surface area contributed by atoms with Crippen LogP contribution in [0.15, 0.2) is 59.5 Å². The number of aromatic nitrogens is 2. The summed E-state index contributed by atoms with van der Waals surface area (Å²) in [4.78, 5) is 24.3. The van der Waals surface area contributed by atoms with E-state index < -0.39 is 0 Å². The number of aryl methyl sites for hydroxylation is 1. The molecule has 0 fully saturated rings. The van der Waals surface area contributed by atoms with E-state index in [0.29, 0.717) is 17.4 Å². The van der Waals surface area contributed by atoms with Crippen molar-refractivity contribution in [3.63, 3.8) is 0 Å². The number of nitrogens with zero attached hydrogens (tertiary/aromatic N) is 2. The number of hydrogen-bond donors (Lipinski definition) is 1. The van der Waals surface area contributed by atoms with Gasteiger partial charge in [-0.25, -0.2) is 0 Å². The fourth-order valence-corrected chi connectivity index (χ4v) is 3.23. The Kier molecular flexibility index (Phi) is 4.89. The Labute approximate surface area is 152 Å². The monoisotopic (exact) mass is 349 g/mol. The third-order valence-corrected chi connectivity index (χ3v) is 4.66. The Morgan fingerprint density at radius 3 is 2.58 bits per heavy atom. The maximum absolute atomic E-state index is 12.5. The fourth-order valence-electron chi connectivity index (χ4n) is 3.23. The maximum atomic E-state index is 12.5. The minimum atomic E-state index is -0.181. The van der Waals surface area contributed by atoms with Gasteiger partial charge < -0.3 is 5.32 Å². The minimum absolute atomic E-state index is 0.0741. The van der Waals surface area contributed by atoms with Crippen molar-refractivity contribution in [1.29, 1.82) is 0 Å². The molecule has 0 radical (unpaired) electrons. The highest BCUT2D eigenvalue weighted by Crippen LogP contribution is 2.25. The number of carbonyl (C=O) groups is 1. The molecule has 0 bridgehead atoms. The molecule has 134 valence electrons. The topological polar surface area (TPSA) is 64.0 Å². The molecule has 0 aliphatic rings. The van der Waals surface area contributed by atoms with E-state index in [2.05, 4.69) is 43.3 Å². The summed E-state index contributed by atoms with van der Waals surface area (Å²) in [7, 11) is 0. The van der Waals surface area contributed by atoms with Gasteiger partial charge in [0.25, 0.3) is 0 Å². The summed E-state index contributed by atoms with van der Waals surface area (Å²) in [5, 5.41) is 7.67. The fraction of sp³-hybridized carbons (Fsp3) is 0.286. The van der Waals surface area contributed by atoms with Gasteiger partial charge in [0, 0.05) is 17.3 Å². The molecule has 0 saturated heterocycles. The van der Waals surface area contributed by atoms with Gasteiger partial charge in [-0.1, -0.05) is 50.2 Å². The van der Waals surface area contributed by atoms with Crippen molar-refractivity contribution in [2.45, 2.75) is 32.7 Å². The lowest BCUT2D eigenvalue weighted by molar-refractivity contribution is -0.122. The molecular weight excluding hydrogens is 326 g/mol. The van der Waals surface area contributed by atoms with Gasteiger partial charge in [-0.3, -0.25) is 14.3 Å². The predicted octanol–water partition coefficient (Wildman–Crippen LogP) is 2.80. The Morgan fingerprint density at radius 2 is 1.81 bits per heavy atom. The molecular formula is C21H23N3O2. The molecule has 26 heavy (non-hydrogen) atoms. The molecule has 5 nitrogen and oxygen atoms in total. The first-order valence-corrected chi connectivity index (χ1v) is 8.66. The molecule has 0 unspecified atom stereocenters. The average molecular weight is 349 g/mol. The summed E-state index contributed by atoms with van der Waals surface area (Å²) in [6, 6.07) is 15.4. The van der Waals surface area contributed by atoms with Gasteiger partial charge in [-0.05, 0) is 30.2 Å². The van der Waals surface area contributed by atoms with Crippen LogP contribution in [0.2, 0.25) is 0 Å². The SMILES string of the molecule is Cc1ccccc1C(C)(C)CNC(=O)Cn1ncc(=O)c2ccccc21. The van der Waals surface area contributed by atoms with E-state index in [1.807, 2.05) is 18.2 Å². The van der Waals surface area contributed by atoms with Crippen molar-refractivity contribution in [2.75, 3.05) is 6.54 Å². The van der Waals surface area contributed by atoms with Crippen LogP contribution in [-0.4, -0.2) is 22.2 Å². The van der Waals surface area contributed by atoms with Gasteiger partial charge >= 0.3 is 0 Å². The highest BCUT2D eigenvalue weighted by atomic mass is 16.2. The second-order valence-corrected chi connectivity index (χ2v) is 7.16. The Hall–Kier alpha value is -2.95. The first-order chi connectivity index (χ1) is 12.4. The molecule has 1 heterocycles. The average Bonchev–Trinajstić information content (AvgIpc) is 2.63. The smallest absolute Gasteiger partial charge is 0.241 e. The largest absolute Gasteiger partial charge is 0.354 e. The lowest BCUT2D eigenvalue weighted by Crippen LogP contribution is -2.39. The first kappa shape index (κ1) is 17.9. The van der Waals surface area contributed by atoms with Crippen molar-refractivity contribution in [3.8, 4) is 0 Å². The molecule has 0 saturated carbocycles. The van der Waals surface area contributed by atoms with Gasteiger partial charge in [0.2, 0.25) is 11.3 Å². The van der Waals surface area contributed by atoms with E-state index >= 15 is 0 Å². The summed E-state index contributed by atoms with van der Waals surface area (Å²) in [5.74, 6) is -0.132. The van der Waals surface area contributed by atoms with Crippen LogP contribution in [0.1, 0.15) is 25.0 Å². The molecule has 0 atom stereocenters. The third kappa shape index (κ3) is 3.67. The Morgan fingerprint density at radius 1 is 1.12 bits per heavy atom. The molecule has 0 aliphatic heterocycles. The van der Waals surface area contributed by atoms with Gasteiger partial charge in [0.1, 0.15) is 6.54 Å². The molecule has 1 amide bonds. The maximum Gasteiger partial charge on any atom is 0.241 e. The molecule has 0 aliphatic carbocycles. The van der Waals surface area contributed by atoms with Crippen LogP contribution in [0.3, 0.4) is 0 Å². The van der Waals surface area contributed by atoms with Crippen LogP contribution in [0.5, 0.6) is 0 Å². The normalized spacial score (nSPS) is 11.5. The molecule has 1 aromatic heterocycles. The van der Waals surface area contributed by atoms with Crippen LogP contribution in [0.25, 0.3) is 10.9 Å². The molecule has 3 aromatic rings. The summed E-state index contributed by atoms with van der Waals surface area (Å²) >= 11 is 0. The quantitative estimate of drug-likeness (QED) is 0.770. The van der Waals surface area contributed by atoms with E-state index in [0.717, 1.165) is 0 Å². The van der Waals surface area contributed by atoms with Gasteiger partial charge in [0.05, 0.1) is 11.7 Å². The number of fused-ring (bicyclic) bond motifs is 1. The number of para-hydroxylation sites is 1. The Bertz CT molecular complexity index is 1010. The van der Waals surface area contributed by atoms with Crippen molar-refractivity contribution >= 4 is 16.8 Å². The number of rotatable bonds is 5. The molecule has 1 N–H and O–H groups in total. The highest BCUT2D eigenvalue weighted by Gasteiger charge is 2.23. The van der Waals surface area contributed by atoms with Gasteiger partial charge in [-0.2, -0.15) is 5.10 Å². The van der Waals surface area contributed by atoms with Crippen molar-refractivity contribution in [1.82, 2.24) is 15.1 Å². The van der Waals surface area contributed by atoms with Crippen LogP contribution < -0.4 is 10.7 Å². The zero-order valence-corrected chi connectivity index (χ0v) is 15.3. The van der Waals surface area contributed by atoms with Crippen LogP contribution in [0, 0.1) is 6.92 Å². The van der Waals surface area contributed by atoms with Gasteiger partial charge in [0.15, 0.2) is 0 Å². The summed E-state index contributed by atoms with van der Waals surface area (Å²) in [6.45, 7) is 6.90. The van der Waals surface area contributed by atoms with Crippen molar-refractivity contribution < 1.29 is 4.79 Å². The summed E-state index contributed by atoms with van der Waals surface area (Å²) < 4.78 is 1.56. The number of amides is 1. The highest BCUT2D eigenvalue weighted by molar-refractivity contribution is 5.81. The van der Waals surface area contributed by atoms with E-state index in [-0.39, 0.29) is 23.3 Å². The number of carbonyl (C=O) groups excluding carboxylic acids is 1. The van der Waals surface area contributed by atoms with E-state index in [1.165, 1.54) is 17.3 Å². The van der Waals surface area contributed by atoms with E-state index in [9.17, 15) is 9.59 Å². The van der Waals surface area contributed by atoms with Crippen LogP contribution >= 0.6 is 0 Å². The third-order valence-electron chi connectivity index (χ3n) is 4.66. The lowest BCUT2D eigenvalue weighted by Gasteiger charge is -2.27. The summed E-state index contributed by atoms with van der Waals surface area (Å²) in [6.07, 6.45) is 1.26. The van der Waals surface area contributed by atoms with Crippen LogP contribution in [-0.2, 0) is 16.8 Å².